The lowest BCUT2D eigenvalue weighted by Crippen LogP contribution is -2.51. The summed E-state index contributed by atoms with van der Waals surface area (Å²) in [5.41, 5.74) is 5.34. The normalized spacial score (nSPS) is 20.2. The van der Waals surface area contributed by atoms with Crippen LogP contribution in [0.3, 0.4) is 0 Å². The van der Waals surface area contributed by atoms with Crippen molar-refractivity contribution < 1.29 is 9.53 Å². The Bertz CT molecular complexity index is 253. The van der Waals surface area contributed by atoms with Crippen molar-refractivity contribution in [1.82, 2.24) is 9.80 Å². The molecule has 0 aromatic rings. The summed E-state index contributed by atoms with van der Waals surface area (Å²) in [5, 5.41) is 0. The second kappa shape index (κ2) is 5.69. The lowest BCUT2D eigenvalue weighted by Gasteiger charge is -2.36. The molecule has 0 aliphatic carbocycles. The molecule has 1 heterocycles. The Labute approximate surface area is 104 Å². The van der Waals surface area contributed by atoms with E-state index >= 15 is 0 Å². The molecule has 0 aromatic heterocycles. The number of carbonyl (C=O) groups excluding carboxylic acids is 1. The largest absolute Gasteiger partial charge is 0.444 e. The van der Waals surface area contributed by atoms with Crippen molar-refractivity contribution in [3.8, 4) is 0 Å². The van der Waals surface area contributed by atoms with Crippen LogP contribution in [0.15, 0.2) is 0 Å². The molecule has 0 unspecified atom stereocenters. The lowest BCUT2D eigenvalue weighted by molar-refractivity contribution is 0.0143. The van der Waals surface area contributed by atoms with Gasteiger partial charge < -0.3 is 15.4 Å². The Hall–Kier alpha value is -0.810. The second-order valence-corrected chi connectivity index (χ2v) is 5.75. The van der Waals surface area contributed by atoms with Gasteiger partial charge in [-0.1, -0.05) is 0 Å². The van der Waals surface area contributed by atoms with E-state index < -0.39 is 5.60 Å². The predicted molar refractivity (Wildman–Crippen MR) is 67.9 cm³/mol. The maximum atomic E-state index is 11.8. The first-order valence-electron chi connectivity index (χ1n) is 6.24. The fraction of sp³-hybridized carbons (Fsp3) is 0.917. The average molecular weight is 243 g/mol. The molecular formula is C12H25N3O2. The van der Waals surface area contributed by atoms with Gasteiger partial charge in [-0.05, 0) is 27.7 Å². The van der Waals surface area contributed by atoms with Crippen LogP contribution >= 0.6 is 0 Å². The monoisotopic (exact) mass is 243 g/mol. The van der Waals surface area contributed by atoms with Crippen LogP contribution in [0.25, 0.3) is 0 Å². The summed E-state index contributed by atoms with van der Waals surface area (Å²) in [5.74, 6) is 0. The Kier molecular flexibility index (Phi) is 4.77. The number of nitrogens with two attached hydrogens (primary N) is 1. The molecule has 0 spiro atoms. The zero-order valence-corrected chi connectivity index (χ0v) is 11.4. The molecule has 0 radical (unpaired) electrons. The van der Waals surface area contributed by atoms with Crippen molar-refractivity contribution in [2.75, 3.05) is 32.7 Å². The fourth-order valence-electron chi connectivity index (χ4n) is 1.85. The fourth-order valence-corrected chi connectivity index (χ4v) is 1.85. The Balaban J connectivity index is 2.34. The Morgan fingerprint density at radius 1 is 1.29 bits per heavy atom. The third-order valence-corrected chi connectivity index (χ3v) is 2.57. The van der Waals surface area contributed by atoms with Crippen molar-refractivity contribution in [3.05, 3.63) is 0 Å². The molecule has 0 saturated carbocycles. The van der Waals surface area contributed by atoms with Crippen molar-refractivity contribution in [1.29, 1.82) is 0 Å². The summed E-state index contributed by atoms with van der Waals surface area (Å²) in [6, 6.07) is 0.183. The summed E-state index contributed by atoms with van der Waals surface area (Å²) >= 11 is 0. The third kappa shape index (κ3) is 5.37. The second-order valence-electron chi connectivity index (χ2n) is 5.75. The highest BCUT2D eigenvalue weighted by molar-refractivity contribution is 5.68. The van der Waals surface area contributed by atoms with E-state index in [4.69, 9.17) is 10.5 Å². The number of carbonyl (C=O) groups is 1. The van der Waals surface area contributed by atoms with E-state index in [1.54, 1.807) is 4.90 Å². The molecule has 2 N–H and O–H groups in total. The highest BCUT2D eigenvalue weighted by Gasteiger charge is 2.25. The van der Waals surface area contributed by atoms with Gasteiger partial charge in [-0.2, -0.15) is 0 Å². The maximum Gasteiger partial charge on any atom is 0.410 e. The first-order valence-corrected chi connectivity index (χ1v) is 6.24. The third-order valence-electron chi connectivity index (χ3n) is 2.57. The number of piperazine rings is 1. The van der Waals surface area contributed by atoms with Gasteiger partial charge in [0.05, 0.1) is 0 Å². The van der Waals surface area contributed by atoms with Crippen molar-refractivity contribution >= 4 is 6.09 Å². The van der Waals surface area contributed by atoms with E-state index in [1.165, 1.54) is 0 Å². The van der Waals surface area contributed by atoms with Crippen LogP contribution in [0.5, 0.6) is 0 Å². The van der Waals surface area contributed by atoms with Crippen LogP contribution in [0.1, 0.15) is 27.7 Å². The molecule has 0 bridgehead atoms. The summed E-state index contributed by atoms with van der Waals surface area (Å²) in [4.78, 5) is 15.9. The van der Waals surface area contributed by atoms with Gasteiger partial charge in [0.25, 0.3) is 0 Å². The first-order chi connectivity index (χ1) is 7.78. The summed E-state index contributed by atoms with van der Waals surface area (Å²) in [7, 11) is 0. The SMILES string of the molecule is C[C@H](N)CN1CCN(C(=O)OC(C)(C)C)CC1. The summed E-state index contributed by atoms with van der Waals surface area (Å²) in [6.45, 7) is 11.7. The molecule has 17 heavy (non-hydrogen) atoms. The van der Waals surface area contributed by atoms with Crippen molar-refractivity contribution in [2.45, 2.75) is 39.3 Å². The van der Waals surface area contributed by atoms with Crippen molar-refractivity contribution in [3.63, 3.8) is 0 Å². The molecule has 5 heteroatoms. The zero-order chi connectivity index (χ0) is 13.1. The standard InChI is InChI=1S/C12H25N3O2/c1-10(13)9-14-5-7-15(8-6-14)11(16)17-12(2,3)4/h10H,5-9,13H2,1-4H3/t10-/m0/s1. The van der Waals surface area contributed by atoms with E-state index in [9.17, 15) is 4.79 Å². The number of hydrogen-bond acceptors (Lipinski definition) is 4. The molecule has 1 aliphatic heterocycles. The van der Waals surface area contributed by atoms with Gasteiger partial charge in [0.2, 0.25) is 0 Å². The van der Waals surface area contributed by atoms with Gasteiger partial charge in [-0.3, -0.25) is 4.90 Å². The zero-order valence-electron chi connectivity index (χ0n) is 11.4. The number of rotatable bonds is 2. The van der Waals surface area contributed by atoms with E-state index in [2.05, 4.69) is 4.90 Å². The van der Waals surface area contributed by atoms with Crippen LogP contribution in [0, 0.1) is 0 Å². The van der Waals surface area contributed by atoms with E-state index in [-0.39, 0.29) is 12.1 Å². The van der Waals surface area contributed by atoms with Gasteiger partial charge in [-0.25, -0.2) is 4.79 Å². The minimum absolute atomic E-state index is 0.183. The minimum Gasteiger partial charge on any atom is -0.444 e. The molecule has 1 atom stereocenters. The first kappa shape index (κ1) is 14.3. The predicted octanol–water partition coefficient (Wildman–Crippen LogP) is 0.886. The lowest BCUT2D eigenvalue weighted by atomic mass is 10.2. The Morgan fingerprint density at radius 2 is 1.82 bits per heavy atom. The van der Waals surface area contributed by atoms with E-state index in [0.717, 1.165) is 32.7 Å². The maximum absolute atomic E-state index is 11.8. The molecule has 100 valence electrons. The highest BCUT2D eigenvalue weighted by Crippen LogP contribution is 2.11. The highest BCUT2D eigenvalue weighted by atomic mass is 16.6. The Morgan fingerprint density at radius 3 is 2.24 bits per heavy atom. The molecule has 5 nitrogen and oxygen atoms in total. The smallest absolute Gasteiger partial charge is 0.410 e. The van der Waals surface area contributed by atoms with Gasteiger partial charge in [-0.15, -0.1) is 0 Å². The van der Waals surface area contributed by atoms with Gasteiger partial charge in [0.15, 0.2) is 0 Å². The average Bonchev–Trinajstić information content (AvgIpc) is 2.15. The number of nitrogens with zero attached hydrogens (tertiary/aromatic N) is 2. The van der Waals surface area contributed by atoms with Crippen LogP contribution in [0.4, 0.5) is 4.79 Å². The van der Waals surface area contributed by atoms with E-state index in [0.29, 0.717) is 0 Å². The van der Waals surface area contributed by atoms with E-state index in [1.807, 2.05) is 27.7 Å². The molecule has 1 amide bonds. The van der Waals surface area contributed by atoms with Gasteiger partial charge >= 0.3 is 6.09 Å². The molecule has 0 aromatic carbocycles. The van der Waals surface area contributed by atoms with Crippen LogP contribution < -0.4 is 5.73 Å². The van der Waals surface area contributed by atoms with Gasteiger partial charge in [0.1, 0.15) is 5.60 Å². The molecular weight excluding hydrogens is 218 g/mol. The van der Waals surface area contributed by atoms with Crippen LogP contribution in [0.2, 0.25) is 0 Å². The van der Waals surface area contributed by atoms with Crippen molar-refractivity contribution in [2.24, 2.45) is 5.73 Å². The quantitative estimate of drug-likeness (QED) is 0.782. The number of amides is 1. The number of hydrogen-bond donors (Lipinski definition) is 1. The molecule has 1 rings (SSSR count). The van der Waals surface area contributed by atoms with Crippen LogP contribution in [-0.4, -0.2) is 60.3 Å². The summed E-state index contributed by atoms with van der Waals surface area (Å²) in [6.07, 6.45) is -0.210. The van der Waals surface area contributed by atoms with Gasteiger partial charge in [0, 0.05) is 38.8 Å². The minimum atomic E-state index is -0.417. The summed E-state index contributed by atoms with van der Waals surface area (Å²) < 4.78 is 5.34. The topological polar surface area (TPSA) is 58.8 Å². The molecule has 1 saturated heterocycles. The molecule has 1 fully saturated rings. The molecule has 1 aliphatic rings. The number of ether oxygens (including phenoxy) is 1. The van der Waals surface area contributed by atoms with Crippen LogP contribution in [-0.2, 0) is 4.74 Å².